The van der Waals surface area contributed by atoms with E-state index < -0.39 is 0 Å². The van der Waals surface area contributed by atoms with Crippen molar-refractivity contribution in [2.24, 2.45) is 5.92 Å². The van der Waals surface area contributed by atoms with Gasteiger partial charge in [-0.15, -0.1) is 11.3 Å². The molecule has 2 amide bonds. The van der Waals surface area contributed by atoms with Gasteiger partial charge in [0.1, 0.15) is 5.82 Å². The van der Waals surface area contributed by atoms with Crippen LogP contribution < -0.4 is 10.2 Å². The van der Waals surface area contributed by atoms with Gasteiger partial charge in [0, 0.05) is 48.9 Å². The van der Waals surface area contributed by atoms with Gasteiger partial charge >= 0.3 is 0 Å². The molecule has 1 aliphatic carbocycles. The zero-order chi connectivity index (χ0) is 18.1. The second-order valence-corrected chi connectivity index (χ2v) is 7.64. The Morgan fingerprint density at radius 1 is 1.38 bits per heavy atom. The van der Waals surface area contributed by atoms with E-state index in [1.54, 1.807) is 11.1 Å². The second kappa shape index (κ2) is 7.11. The quantitative estimate of drug-likeness (QED) is 0.859. The van der Waals surface area contributed by atoms with Crippen LogP contribution in [0.2, 0.25) is 0 Å². The third-order valence-electron chi connectivity index (χ3n) is 4.98. The van der Waals surface area contributed by atoms with Crippen LogP contribution in [0.4, 0.5) is 5.13 Å². The van der Waals surface area contributed by atoms with E-state index in [4.69, 9.17) is 0 Å². The third-order valence-corrected chi connectivity index (χ3v) is 5.77. The van der Waals surface area contributed by atoms with Crippen LogP contribution in [0.3, 0.4) is 0 Å². The maximum Gasteiger partial charge on any atom is 0.229 e. The van der Waals surface area contributed by atoms with Crippen molar-refractivity contribution in [3.05, 3.63) is 34.4 Å². The lowest BCUT2D eigenvalue weighted by molar-refractivity contribution is -0.126. The number of hydrogen-bond donors (Lipinski definition) is 1. The van der Waals surface area contributed by atoms with Gasteiger partial charge in [-0.3, -0.25) is 14.5 Å². The van der Waals surface area contributed by atoms with Gasteiger partial charge in [0.05, 0.1) is 5.92 Å². The fourth-order valence-electron chi connectivity index (χ4n) is 3.65. The Hall–Kier alpha value is -2.35. The fourth-order valence-corrected chi connectivity index (χ4v) is 4.32. The van der Waals surface area contributed by atoms with Crippen LogP contribution in [0.1, 0.15) is 35.6 Å². The molecule has 2 aromatic rings. The number of carbonyl (C=O) groups is 2. The molecule has 1 atom stereocenters. The molecule has 0 spiro atoms. The molecular formula is C18H21N5O2S. The van der Waals surface area contributed by atoms with E-state index in [-0.39, 0.29) is 24.2 Å². The first-order chi connectivity index (χ1) is 12.6. The van der Waals surface area contributed by atoms with Crippen LogP contribution in [0, 0.1) is 12.8 Å². The number of carbonyl (C=O) groups excluding carboxylic acids is 2. The molecule has 136 valence electrons. The molecule has 1 saturated heterocycles. The van der Waals surface area contributed by atoms with Crippen LogP contribution in [-0.2, 0) is 28.9 Å². The van der Waals surface area contributed by atoms with Gasteiger partial charge in [0.25, 0.3) is 0 Å². The van der Waals surface area contributed by atoms with Gasteiger partial charge in [-0.25, -0.2) is 15.0 Å². The summed E-state index contributed by atoms with van der Waals surface area (Å²) in [4.78, 5) is 39.5. The van der Waals surface area contributed by atoms with Gasteiger partial charge in [0.15, 0.2) is 5.13 Å². The van der Waals surface area contributed by atoms with Crippen LogP contribution in [-0.4, -0.2) is 39.9 Å². The van der Waals surface area contributed by atoms with Gasteiger partial charge in [0.2, 0.25) is 11.8 Å². The fraction of sp³-hybridized carbons (Fsp3) is 0.500. The molecule has 1 aliphatic heterocycles. The van der Waals surface area contributed by atoms with Crippen molar-refractivity contribution in [1.82, 2.24) is 20.3 Å². The highest BCUT2D eigenvalue weighted by atomic mass is 32.1. The van der Waals surface area contributed by atoms with E-state index >= 15 is 0 Å². The Morgan fingerprint density at radius 3 is 3.08 bits per heavy atom. The molecule has 3 heterocycles. The predicted molar refractivity (Wildman–Crippen MR) is 98.1 cm³/mol. The Balaban J connectivity index is 1.31. The monoisotopic (exact) mass is 371 g/mol. The number of nitrogens with zero attached hydrogens (tertiary/aromatic N) is 4. The molecule has 0 radical (unpaired) electrons. The van der Waals surface area contributed by atoms with E-state index in [1.165, 1.54) is 22.6 Å². The summed E-state index contributed by atoms with van der Waals surface area (Å²) in [5.74, 6) is 0.331. The van der Waals surface area contributed by atoms with Crippen molar-refractivity contribution < 1.29 is 9.59 Å². The summed E-state index contributed by atoms with van der Waals surface area (Å²) >= 11 is 1.41. The van der Waals surface area contributed by atoms with Crippen molar-refractivity contribution in [2.75, 3.05) is 18.0 Å². The zero-order valence-electron chi connectivity index (χ0n) is 14.7. The molecule has 0 saturated carbocycles. The standard InChI is InChI=1S/C18H21N5O2S/c1-11-13-3-2-4-14(13)22-15(21-11)5-6-19-17(25)12-9-16(24)23(10-12)18-20-7-8-26-18/h7-8,12H,2-6,9-10H2,1H3,(H,19,25). The van der Waals surface area contributed by atoms with Crippen molar-refractivity contribution in [3.63, 3.8) is 0 Å². The van der Waals surface area contributed by atoms with E-state index in [2.05, 4.69) is 20.3 Å². The van der Waals surface area contributed by atoms with Gasteiger partial charge in [-0.1, -0.05) is 0 Å². The van der Waals surface area contributed by atoms with Crippen LogP contribution in [0.5, 0.6) is 0 Å². The summed E-state index contributed by atoms with van der Waals surface area (Å²) in [7, 11) is 0. The lowest BCUT2D eigenvalue weighted by Gasteiger charge is -2.13. The Bertz CT molecular complexity index is 836. The molecule has 2 aliphatic rings. The van der Waals surface area contributed by atoms with Gasteiger partial charge < -0.3 is 5.32 Å². The maximum atomic E-state index is 12.4. The SMILES string of the molecule is Cc1nc(CCNC(=O)C2CC(=O)N(c3nccs3)C2)nc2c1CCC2. The molecule has 7 nitrogen and oxygen atoms in total. The molecule has 26 heavy (non-hydrogen) atoms. The summed E-state index contributed by atoms with van der Waals surface area (Å²) in [6.07, 6.45) is 5.75. The molecule has 2 aromatic heterocycles. The number of anilines is 1. The normalized spacial score (nSPS) is 19.0. The molecule has 1 fully saturated rings. The number of thiazole rings is 1. The number of fused-ring (bicyclic) bond motifs is 1. The zero-order valence-corrected chi connectivity index (χ0v) is 15.5. The van der Waals surface area contributed by atoms with E-state index in [9.17, 15) is 9.59 Å². The molecule has 4 rings (SSSR count). The number of rotatable bonds is 5. The number of amides is 2. The molecular weight excluding hydrogens is 350 g/mol. The average molecular weight is 371 g/mol. The van der Waals surface area contributed by atoms with E-state index in [0.29, 0.717) is 24.6 Å². The van der Waals surface area contributed by atoms with Crippen LogP contribution in [0.25, 0.3) is 0 Å². The number of hydrogen-bond acceptors (Lipinski definition) is 6. The summed E-state index contributed by atoms with van der Waals surface area (Å²) < 4.78 is 0. The lowest BCUT2D eigenvalue weighted by Crippen LogP contribution is -2.34. The molecule has 0 aromatic carbocycles. The number of nitrogens with one attached hydrogen (secondary N) is 1. The smallest absolute Gasteiger partial charge is 0.229 e. The second-order valence-electron chi connectivity index (χ2n) is 6.77. The highest BCUT2D eigenvalue weighted by Crippen LogP contribution is 2.26. The van der Waals surface area contributed by atoms with E-state index in [0.717, 1.165) is 30.8 Å². The van der Waals surface area contributed by atoms with Crippen LogP contribution in [0.15, 0.2) is 11.6 Å². The van der Waals surface area contributed by atoms with Gasteiger partial charge in [-0.05, 0) is 31.7 Å². The minimum absolute atomic E-state index is 0.0438. The first kappa shape index (κ1) is 17.1. The lowest BCUT2D eigenvalue weighted by atomic mass is 10.1. The highest BCUT2D eigenvalue weighted by molar-refractivity contribution is 7.13. The average Bonchev–Trinajstić information content (AvgIpc) is 3.34. The van der Waals surface area contributed by atoms with Gasteiger partial charge in [-0.2, -0.15) is 0 Å². The van der Waals surface area contributed by atoms with E-state index in [1.807, 2.05) is 12.3 Å². The first-order valence-electron chi connectivity index (χ1n) is 8.94. The third kappa shape index (κ3) is 3.33. The minimum Gasteiger partial charge on any atom is -0.355 e. The first-order valence-corrected chi connectivity index (χ1v) is 9.82. The van der Waals surface area contributed by atoms with Crippen molar-refractivity contribution in [3.8, 4) is 0 Å². The van der Waals surface area contributed by atoms with Crippen molar-refractivity contribution in [2.45, 2.75) is 39.0 Å². The minimum atomic E-state index is -0.325. The number of aryl methyl sites for hydroxylation is 2. The molecule has 1 unspecified atom stereocenters. The Kier molecular flexibility index (Phi) is 4.67. The highest BCUT2D eigenvalue weighted by Gasteiger charge is 2.36. The molecule has 1 N–H and O–H groups in total. The molecule has 8 heteroatoms. The Labute approximate surface area is 155 Å². The summed E-state index contributed by atoms with van der Waals surface area (Å²) in [5.41, 5.74) is 3.53. The van der Waals surface area contributed by atoms with Crippen molar-refractivity contribution in [1.29, 1.82) is 0 Å². The summed E-state index contributed by atoms with van der Waals surface area (Å²) in [5, 5.41) is 5.42. The Morgan fingerprint density at radius 2 is 2.27 bits per heavy atom. The van der Waals surface area contributed by atoms with Crippen LogP contribution >= 0.6 is 11.3 Å². The summed E-state index contributed by atoms with van der Waals surface area (Å²) in [6, 6.07) is 0. The largest absolute Gasteiger partial charge is 0.355 e. The summed E-state index contributed by atoms with van der Waals surface area (Å²) in [6.45, 7) is 2.91. The predicted octanol–water partition coefficient (Wildman–Crippen LogP) is 1.44. The number of aromatic nitrogens is 3. The topological polar surface area (TPSA) is 88.1 Å². The maximum absolute atomic E-state index is 12.4. The molecule has 0 bridgehead atoms. The van der Waals surface area contributed by atoms with Crippen molar-refractivity contribution >= 4 is 28.3 Å².